The molecule has 0 saturated carbocycles. The summed E-state index contributed by atoms with van der Waals surface area (Å²) < 4.78 is 7.12. The van der Waals surface area contributed by atoms with Crippen molar-refractivity contribution in [3.8, 4) is 11.8 Å². The molecule has 11 nitrogen and oxygen atoms in total. The van der Waals surface area contributed by atoms with Gasteiger partial charge in [-0.1, -0.05) is 24.4 Å². The van der Waals surface area contributed by atoms with Crippen molar-refractivity contribution in [1.82, 2.24) is 19.5 Å². The number of imidazole rings is 1. The summed E-state index contributed by atoms with van der Waals surface area (Å²) in [6.45, 7) is 1.97. The van der Waals surface area contributed by atoms with Crippen LogP contribution in [0.1, 0.15) is 38.2 Å². The number of nitrogens with zero attached hydrogens (tertiary/aromatic N) is 7. The lowest BCUT2D eigenvalue weighted by atomic mass is 10.1. The van der Waals surface area contributed by atoms with Crippen LogP contribution in [0.3, 0.4) is 0 Å². The monoisotopic (exact) mass is 372 g/mol. The first-order valence-electron chi connectivity index (χ1n) is 8.58. The second-order valence-electron chi connectivity index (χ2n) is 6.12. The number of unbranched alkanes of at least 4 members (excludes halogenated alkanes) is 2. The molecule has 3 heterocycles. The maximum atomic E-state index is 10.3. The highest BCUT2D eigenvalue weighted by Gasteiger charge is 2.44. The van der Waals surface area contributed by atoms with E-state index in [4.69, 9.17) is 16.0 Å². The fourth-order valence-electron chi connectivity index (χ4n) is 2.81. The van der Waals surface area contributed by atoms with Crippen LogP contribution in [0, 0.1) is 11.8 Å². The summed E-state index contributed by atoms with van der Waals surface area (Å²) in [7, 11) is 0. The van der Waals surface area contributed by atoms with Crippen LogP contribution in [0.5, 0.6) is 0 Å². The highest BCUT2D eigenvalue weighted by molar-refractivity contribution is 5.82. The van der Waals surface area contributed by atoms with Crippen LogP contribution in [0.4, 0.5) is 5.82 Å². The number of aliphatic hydroxyl groups excluding tert-OH is 2. The summed E-state index contributed by atoms with van der Waals surface area (Å²) >= 11 is 0. The van der Waals surface area contributed by atoms with E-state index in [0.717, 1.165) is 19.3 Å². The van der Waals surface area contributed by atoms with Gasteiger partial charge in [-0.25, -0.2) is 15.0 Å². The first-order chi connectivity index (χ1) is 13.1. The summed E-state index contributed by atoms with van der Waals surface area (Å²) in [5.74, 6) is 6.28. The minimum absolute atomic E-state index is 0.108. The molecule has 0 radical (unpaired) electrons. The van der Waals surface area contributed by atoms with Crippen molar-refractivity contribution in [2.45, 2.75) is 50.7 Å². The maximum absolute atomic E-state index is 10.3. The number of nitrogens with two attached hydrogens (primary N) is 1. The number of aliphatic hydroxyl groups is 2. The van der Waals surface area contributed by atoms with Crippen LogP contribution in [-0.4, -0.2) is 54.6 Å². The van der Waals surface area contributed by atoms with E-state index in [0.29, 0.717) is 11.2 Å². The molecule has 0 spiro atoms. The SMILES string of the molecule is CCCCC#Cc1nc(N)c2ncn([C@@H]3O[C@H](CN=[N+]=[N-])C(O)C3O)c2n1. The summed E-state index contributed by atoms with van der Waals surface area (Å²) in [6, 6.07) is 0. The van der Waals surface area contributed by atoms with Crippen molar-refractivity contribution in [3.63, 3.8) is 0 Å². The van der Waals surface area contributed by atoms with E-state index in [9.17, 15) is 10.2 Å². The lowest BCUT2D eigenvalue weighted by Crippen LogP contribution is -2.32. The predicted molar refractivity (Wildman–Crippen MR) is 96.1 cm³/mol. The van der Waals surface area contributed by atoms with Crippen LogP contribution < -0.4 is 5.73 Å². The Morgan fingerprint density at radius 2 is 2.22 bits per heavy atom. The molecule has 1 fully saturated rings. The van der Waals surface area contributed by atoms with Gasteiger partial charge in [0.15, 0.2) is 17.7 Å². The topological polar surface area (TPSA) is 168 Å². The molecular formula is C16H20N8O3. The number of ether oxygens (including phenoxy) is 1. The number of rotatable bonds is 5. The van der Waals surface area contributed by atoms with E-state index >= 15 is 0 Å². The van der Waals surface area contributed by atoms with Gasteiger partial charge in [0.1, 0.15) is 17.7 Å². The van der Waals surface area contributed by atoms with Crippen molar-refractivity contribution >= 4 is 17.0 Å². The number of aromatic nitrogens is 4. The van der Waals surface area contributed by atoms with E-state index in [1.807, 2.05) is 0 Å². The molecule has 142 valence electrons. The Morgan fingerprint density at radius 1 is 1.41 bits per heavy atom. The summed E-state index contributed by atoms with van der Waals surface area (Å²) in [4.78, 5) is 15.3. The number of fused-ring (bicyclic) bond motifs is 1. The number of nitrogen functional groups attached to an aromatic ring is 1. The van der Waals surface area contributed by atoms with Crippen molar-refractivity contribution < 1.29 is 14.9 Å². The van der Waals surface area contributed by atoms with Gasteiger partial charge in [0.25, 0.3) is 0 Å². The minimum atomic E-state index is -1.25. The summed E-state index contributed by atoms with van der Waals surface area (Å²) in [5, 5.41) is 23.9. The number of anilines is 1. The molecule has 4 N–H and O–H groups in total. The van der Waals surface area contributed by atoms with Crippen molar-refractivity contribution in [3.05, 3.63) is 22.6 Å². The summed E-state index contributed by atoms with van der Waals surface area (Å²) in [5.41, 5.74) is 15.1. The third-order valence-corrected chi connectivity index (χ3v) is 4.24. The van der Waals surface area contributed by atoms with Gasteiger partial charge in [-0.2, -0.15) is 0 Å². The molecule has 2 unspecified atom stereocenters. The molecule has 0 bridgehead atoms. The van der Waals surface area contributed by atoms with E-state index in [2.05, 4.69) is 43.7 Å². The summed E-state index contributed by atoms with van der Waals surface area (Å²) in [6.07, 6.45) is -0.114. The highest BCUT2D eigenvalue weighted by atomic mass is 16.6. The van der Waals surface area contributed by atoms with Crippen molar-refractivity contribution in [2.24, 2.45) is 5.11 Å². The van der Waals surface area contributed by atoms with Gasteiger partial charge in [0.05, 0.1) is 19.0 Å². The lowest BCUT2D eigenvalue weighted by Gasteiger charge is -2.16. The molecular weight excluding hydrogens is 352 g/mol. The second-order valence-corrected chi connectivity index (χ2v) is 6.12. The Balaban J connectivity index is 1.93. The molecule has 0 amide bonds. The van der Waals surface area contributed by atoms with Gasteiger partial charge in [-0.15, -0.1) is 0 Å². The normalized spacial score (nSPS) is 24.4. The molecule has 2 aromatic rings. The zero-order valence-electron chi connectivity index (χ0n) is 14.7. The van der Waals surface area contributed by atoms with Gasteiger partial charge in [0.2, 0.25) is 5.82 Å². The molecule has 1 aliphatic heterocycles. The van der Waals surface area contributed by atoms with Gasteiger partial charge >= 0.3 is 0 Å². The Kier molecular flexibility index (Phi) is 5.73. The smallest absolute Gasteiger partial charge is 0.208 e. The zero-order valence-corrected chi connectivity index (χ0v) is 14.7. The minimum Gasteiger partial charge on any atom is -0.388 e. The number of hydrogen-bond acceptors (Lipinski definition) is 8. The molecule has 1 aliphatic rings. The molecule has 11 heteroatoms. The molecule has 4 atom stereocenters. The van der Waals surface area contributed by atoms with Crippen LogP contribution in [-0.2, 0) is 4.74 Å². The first kappa shape index (κ1) is 18.9. The lowest BCUT2D eigenvalue weighted by molar-refractivity contribution is -0.0321. The quantitative estimate of drug-likeness (QED) is 0.230. The van der Waals surface area contributed by atoms with Crippen molar-refractivity contribution in [2.75, 3.05) is 12.3 Å². The molecule has 1 saturated heterocycles. The van der Waals surface area contributed by atoms with Gasteiger partial charge in [-0.3, -0.25) is 4.57 Å². The third kappa shape index (κ3) is 3.79. The molecule has 27 heavy (non-hydrogen) atoms. The average Bonchev–Trinajstić information content (AvgIpc) is 3.19. The van der Waals surface area contributed by atoms with E-state index in [1.54, 1.807) is 0 Å². The Morgan fingerprint density at radius 3 is 2.96 bits per heavy atom. The molecule has 0 aliphatic carbocycles. The van der Waals surface area contributed by atoms with Crippen LogP contribution in [0.2, 0.25) is 0 Å². The predicted octanol–water partition coefficient (Wildman–Crippen LogP) is 0.880. The standard InChI is InChI=1S/C16H20N8O3/c1-2-3-4-5-6-10-21-14(17)11-15(22-10)24(8-19-11)16-13(26)12(25)9(27-16)7-20-23-18/h8-9,12-13,16,25-26H,2-4,7H2,1H3,(H2,17,21,22)/t9-,12?,13?,16-/m1/s1. The molecule has 2 aromatic heterocycles. The Bertz CT molecular complexity index is 927. The fraction of sp³-hybridized carbons (Fsp3) is 0.562. The largest absolute Gasteiger partial charge is 0.388 e. The van der Waals surface area contributed by atoms with Crippen LogP contribution in [0.25, 0.3) is 21.6 Å². The van der Waals surface area contributed by atoms with E-state index < -0.39 is 24.5 Å². The Labute approximate surface area is 154 Å². The molecule has 3 rings (SSSR count). The number of azide groups is 1. The third-order valence-electron chi connectivity index (χ3n) is 4.24. The van der Waals surface area contributed by atoms with Crippen LogP contribution >= 0.6 is 0 Å². The zero-order chi connectivity index (χ0) is 19.4. The fourth-order valence-corrected chi connectivity index (χ4v) is 2.81. The van der Waals surface area contributed by atoms with E-state index in [1.165, 1.54) is 10.9 Å². The van der Waals surface area contributed by atoms with Crippen LogP contribution in [0.15, 0.2) is 11.4 Å². The van der Waals surface area contributed by atoms with E-state index in [-0.39, 0.29) is 18.2 Å². The van der Waals surface area contributed by atoms with Gasteiger partial charge in [0, 0.05) is 11.3 Å². The molecule has 0 aromatic carbocycles. The first-order valence-corrected chi connectivity index (χ1v) is 8.58. The Hall–Kier alpha value is -2.90. The van der Waals surface area contributed by atoms with Gasteiger partial charge in [-0.05, 0) is 17.9 Å². The number of hydrogen-bond donors (Lipinski definition) is 3. The second kappa shape index (κ2) is 8.20. The maximum Gasteiger partial charge on any atom is 0.208 e. The van der Waals surface area contributed by atoms with Crippen molar-refractivity contribution in [1.29, 1.82) is 0 Å². The average molecular weight is 372 g/mol. The highest BCUT2D eigenvalue weighted by Crippen LogP contribution is 2.32. The van der Waals surface area contributed by atoms with Gasteiger partial charge < -0.3 is 20.7 Å².